The summed E-state index contributed by atoms with van der Waals surface area (Å²) in [4.78, 5) is 0. The SMILES string of the molecule is C=C1CC(O)CCCc2c(OC)cc(OC)c1c2OC. The lowest BCUT2D eigenvalue weighted by atomic mass is 9.97. The van der Waals surface area contributed by atoms with Crippen molar-refractivity contribution in [3.05, 3.63) is 23.8 Å². The summed E-state index contributed by atoms with van der Waals surface area (Å²) in [7, 11) is 4.89. The predicted molar refractivity (Wildman–Crippen MR) is 78.7 cm³/mol. The number of hydrogen-bond acceptors (Lipinski definition) is 4. The third-order valence-corrected chi connectivity index (χ3v) is 3.75. The zero-order valence-electron chi connectivity index (χ0n) is 12.4. The molecule has 1 N–H and O–H groups in total. The molecule has 1 aliphatic carbocycles. The quantitative estimate of drug-likeness (QED) is 0.923. The molecule has 1 unspecified atom stereocenters. The van der Waals surface area contributed by atoms with Crippen molar-refractivity contribution >= 4 is 5.57 Å². The molecule has 2 rings (SSSR count). The van der Waals surface area contributed by atoms with Crippen LogP contribution in [0.2, 0.25) is 0 Å². The molecule has 0 spiro atoms. The second-order valence-corrected chi connectivity index (χ2v) is 5.02. The summed E-state index contributed by atoms with van der Waals surface area (Å²) in [6.07, 6.45) is 2.57. The second kappa shape index (κ2) is 6.18. The molecule has 1 aromatic carbocycles. The highest BCUT2D eigenvalue weighted by Crippen LogP contribution is 2.45. The average molecular weight is 278 g/mol. The number of benzene rings is 1. The highest BCUT2D eigenvalue weighted by Gasteiger charge is 2.25. The van der Waals surface area contributed by atoms with Gasteiger partial charge >= 0.3 is 0 Å². The lowest BCUT2D eigenvalue weighted by Gasteiger charge is -2.20. The summed E-state index contributed by atoms with van der Waals surface area (Å²) in [5.41, 5.74) is 2.69. The smallest absolute Gasteiger partial charge is 0.136 e. The molecular formula is C16H22O4. The van der Waals surface area contributed by atoms with E-state index in [1.54, 1.807) is 21.3 Å². The number of fused-ring (bicyclic) bond motifs is 2. The molecule has 1 aromatic rings. The van der Waals surface area contributed by atoms with E-state index in [1.807, 2.05) is 6.07 Å². The van der Waals surface area contributed by atoms with Gasteiger partial charge in [-0.3, -0.25) is 0 Å². The topological polar surface area (TPSA) is 47.9 Å². The summed E-state index contributed by atoms with van der Waals surface area (Å²) >= 11 is 0. The van der Waals surface area contributed by atoms with Gasteiger partial charge in [0.1, 0.15) is 17.2 Å². The van der Waals surface area contributed by atoms with Crippen LogP contribution in [0.15, 0.2) is 12.6 Å². The zero-order chi connectivity index (χ0) is 14.7. The van der Waals surface area contributed by atoms with E-state index < -0.39 is 0 Å². The summed E-state index contributed by atoms with van der Waals surface area (Å²) in [6.45, 7) is 4.09. The van der Waals surface area contributed by atoms with Crippen LogP contribution in [0.1, 0.15) is 30.4 Å². The van der Waals surface area contributed by atoms with Crippen LogP contribution < -0.4 is 14.2 Å². The van der Waals surface area contributed by atoms with Crippen LogP contribution in [-0.4, -0.2) is 32.5 Å². The van der Waals surface area contributed by atoms with Crippen LogP contribution in [0, 0.1) is 0 Å². The van der Waals surface area contributed by atoms with Crippen LogP contribution >= 0.6 is 0 Å². The molecule has 0 heterocycles. The number of aliphatic hydroxyl groups is 1. The lowest BCUT2D eigenvalue weighted by Crippen LogP contribution is -2.06. The Morgan fingerprint density at radius 3 is 2.45 bits per heavy atom. The Balaban J connectivity index is 2.67. The molecule has 0 saturated heterocycles. The normalized spacial score (nSPS) is 18.8. The maximum absolute atomic E-state index is 10.0. The molecule has 4 nitrogen and oxygen atoms in total. The molecule has 0 fully saturated rings. The predicted octanol–water partition coefficient (Wildman–Crippen LogP) is 2.81. The van der Waals surface area contributed by atoms with Crippen molar-refractivity contribution in [1.82, 2.24) is 0 Å². The molecule has 0 amide bonds. The molecule has 1 aliphatic rings. The largest absolute Gasteiger partial charge is 0.496 e. The third-order valence-electron chi connectivity index (χ3n) is 3.75. The maximum Gasteiger partial charge on any atom is 0.136 e. The van der Waals surface area contributed by atoms with Crippen molar-refractivity contribution in [2.45, 2.75) is 31.8 Å². The highest BCUT2D eigenvalue weighted by molar-refractivity contribution is 5.77. The van der Waals surface area contributed by atoms with Gasteiger partial charge in [-0.15, -0.1) is 0 Å². The minimum absolute atomic E-state index is 0.378. The van der Waals surface area contributed by atoms with E-state index in [9.17, 15) is 5.11 Å². The molecule has 4 heteroatoms. The number of methoxy groups -OCH3 is 3. The van der Waals surface area contributed by atoms with Crippen LogP contribution in [-0.2, 0) is 6.42 Å². The van der Waals surface area contributed by atoms with Gasteiger partial charge in [-0.2, -0.15) is 0 Å². The Morgan fingerprint density at radius 2 is 1.85 bits per heavy atom. The number of ether oxygens (including phenoxy) is 3. The summed E-state index contributed by atoms with van der Waals surface area (Å²) in [5.74, 6) is 2.17. The molecular weight excluding hydrogens is 256 g/mol. The van der Waals surface area contributed by atoms with E-state index in [-0.39, 0.29) is 6.10 Å². The monoisotopic (exact) mass is 278 g/mol. The van der Waals surface area contributed by atoms with Gasteiger partial charge in [-0.1, -0.05) is 6.58 Å². The van der Waals surface area contributed by atoms with Gasteiger partial charge < -0.3 is 19.3 Å². The molecule has 2 bridgehead atoms. The fourth-order valence-electron chi connectivity index (χ4n) is 2.80. The van der Waals surface area contributed by atoms with E-state index >= 15 is 0 Å². The van der Waals surface area contributed by atoms with Gasteiger partial charge in [0.05, 0.1) is 33.0 Å². The van der Waals surface area contributed by atoms with E-state index in [1.165, 1.54) is 0 Å². The highest BCUT2D eigenvalue weighted by atomic mass is 16.5. The molecule has 110 valence electrons. The molecule has 0 radical (unpaired) electrons. The molecule has 0 saturated carbocycles. The fraction of sp³-hybridized carbons (Fsp3) is 0.500. The summed E-state index contributed by atoms with van der Waals surface area (Å²) in [6, 6.07) is 1.87. The first-order chi connectivity index (χ1) is 9.62. The Kier molecular flexibility index (Phi) is 4.55. The Labute approximate surface area is 120 Å². The van der Waals surface area contributed by atoms with Gasteiger partial charge in [0.2, 0.25) is 0 Å². The van der Waals surface area contributed by atoms with Crippen molar-refractivity contribution in [1.29, 1.82) is 0 Å². The maximum atomic E-state index is 10.0. The van der Waals surface area contributed by atoms with Crippen LogP contribution in [0.25, 0.3) is 5.57 Å². The Morgan fingerprint density at radius 1 is 1.15 bits per heavy atom. The standard InChI is InChI=1S/C16H22O4/c1-10-8-11(17)6-5-7-12-13(18-2)9-14(19-3)15(10)16(12)20-4/h9,11,17H,1,5-8H2,2-4H3. The first-order valence-corrected chi connectivity index (χ1v) is 6.80. The van der Waals surface area contributed by atoms with Crippen molar-refractivity contribution < 1.29 is 19.3 Å². The first kappa shape index (κ1) is 14.7. The van der Waals surface area contributed by atoms with Gasteiger partial charge in [-0.25, -0.2) is 0 Å². The third kappa shape index (κ3) is 2.61. The Bertz CT molecular complexity index is 508. The molecule has 20 heavy (non-hydrogen) atoms. The zero-order valence-corrected chi connectivity index (χ0v) is 12.4. The van der Waals surface area contributed by atoms with Gasteiger partial charge in [-0.05, 0) is 31.3 Å². The van der Waals surface area contributed by atoms with Gasteiger partial charge in [0.25, 0.3) is 0 Å². The molecule has 0 aliphatic heterocycles. The molecule has 1 atom stereocenters. The summed E-state index contributed by atoms with van der Waals surface area (Å²) in [5, 5.41) is 10.0. The van der Waals surface area contributed by atoms with Gasteiger partial charge in [0.15, 0.2) is 0 Å². The number of aliphatic hydroxyl groups excluding tert-OH is 1. The average Bonchev–Trinajstić information content (AvgIpc) is 2.48. The van der Waals surface area contributed by atoms with E-state index in [0.29, 0.717) is 12.2 Å². The van der Waals surface area contributed by atoms with Crippen LogP contribution in [0.3, 0.4) is 0 Å². The van der Waals surface area contributed by atoms with Crippen molar-refractivity contribution in [3.63, 3.8) is 0 Å². The minimum Gasteiger partial charge on any atom is -0.496 e. The van der Waals surface area contributed by atoms with E-state index in [2.05, 4.69) is 6.58 Å². The number of rotatable bonds is 3. The first-order valence-electron chi connectivity index (χ1n) is 6.80. The van der Waals surface area contributed by atoms with Crippen molar-refractivity contribution in [2.75, 3.05) is 21.3 Å². The summed E-state index contributed by atoms with van der Waals surface area (Å²) < 4.78 is 16.5. The second-order valence-electron chi connectivity index (χ2n) is 5.02. The minimum atomic E-state index is -0.378. The van der Waals surface area contributed by atoms with Crippen LogP contribution in [0.5, 0.6) is 17.2 Å². The van der Waals surface area contributed by atoms with Crippen molar-refractivity contribution in [2.24, 2.45) is 0 Å². The lowest BCUT2D eigenvalue weighted by molar-refractivity contribution is 0.167. The van der Waals surface area contributed by atoms with E-state index in [4.69, 9.17) is 14.2 Å². The fourth-order valence-corrected chi connectivity index (χ4v) is 2.80. The number of hydrogen-bond donors (Lipinski definition) is 1. The Hall–Kier alpha value is -1.68. The van der Waals surface area contributed by atoms with E-state index in [0.717, 1.165) is 47.5 Å². The molecule has 0 aromatic heterocycles. The van der Waals surface area contributed by atoms with Crippen molar-refractivity contribution in [3.8, 4) is 17.2 Å². The van der Waals surface area contributed by atoms with Crippen LogP contribution in [0.4, 0.5) is 0 Å². The van der Waals surface area contributed by atoms with Gasteiger partial charge in [0, 0.05) is 11.6 Å².